The Balaban J connectivity index is 1.73. The molecule has 0 bridgehead atoms. The molecule has 1 N–H and O–H groups in total. The summed E-state index contributed by atoms with van der Waals surface area (Å²) in [6.45, 7) is 2.90. The molecule has 0 aliphatic heterocycles. The molecule has 0 aliphatic carbocycles. The van der Waals surface area contributed by atoms with E-state index >= 15 is 0 Å². The van der Waals surface area contributed by atoms with Gasteiger partial charge in [0.25, 0.3) is 11.5 Å². The van der Waals surface area contributed by atoms with Crippen LogP contribution in [0, 0.1) is 0 Å². The number of fused-ring (bicyclic) bond motifs is 3. The minimum absolute atomic E-state index is 0.0843. The van der Waals surface area contributed by atoms with Gasteiger partial charge >= 0.3 is 0 Å². The fraction of sp³-hybridized carbons (Fsp3) is 0.217. The van der Waals surface area contributed by atoms with Crippen LogP contribution in [0.25, 0.3) is 21.8 Å². The highest BCUT2D eigenvalue weighted by Gasteiger charge is 2.20. The number of aromatic nitrogens is 2. The van der Waals surface area contributed by atoms with E-state index in [0.29, 0.717) is 41.0 Å². The molecule has 2 aromatic heterocycles. The Morgan fingerprint density at radius 2 is 1.83 bits per heavy atom. The zero-order valence-corrected chi connectivity index (χ0v) is 17.2. The molecule has 2 aromatic carbocycles. The van der Waals surface area contributed by atoms with Crippen molar-refractivity contribution in [3.8, 4) is 0 Å². The summed E-state index contributed by atoms with van der Waals surface area (Å²) in [5.74, 6) is -0.178. The molecule has 0 saturated heterocycles. The first-order chi connectivity index (χ1) is 14.0. The van der Waals surface area contributed by atoms with Crippen LogP contribution in [0.15, 0.2) is 59.5 Å². The third kappa shape index (κ3) is 3.42. The maximum absolute atomic E-state index is 13.1. The van der Waals surface area contributed by atoms with Gasteiger partial charge in [0.1, 0.15) is 5.52 Å². The maximum Gasteiger partial charge on any atom is 0.275 e. The van der Waals surface area contributed by atoms with Crippen molar-refractivity contribution in [3.05, 3.63) is 81.2 Å². The first kappa shape index (κ1) is 19.3. The molecule has 1 amide bonds. The number of rotatable bonds is 5. The van der Waals surface area contributed by atoms with Gasteiger partial charge in [0.05, 0.1) is 5.56 Å². The summed E-state index contributed by atoms with van der Waals surface area (Å²) in [5.41, 5.74) is 3.03. The van der Waals surface area contributed by atoms with E-state index in [0.717, 1.165) is 16.5 Å². The summed E-state index contributed by atoms with van der Waals surface area (Å²) < 4.78 is 3.47. The second-order valence-corrected chi connectivity index (χ2v) is 7.50. The summed E-state index contributed by atoms with van der Waals surface area (Å²) in [7, 11) is 1.87. The number of pyridine rings is 1. The van der Waals surface area contributed by atoms with Crippen molar-refractivity contribution in [2.24, 2.45) is 7.05 Å². The van der Waals surface area contributed by atoms with Crippen LogP contribution in [0.1, 0.15) is 22.8 Å². The van der Waals surface area contributed by atoms with Crippen molar-refractivity contribution in [3.63, 3.8) is 0 Å². The number of carbonyl (C=O) groups excluding carboxylic acids is 1. The molecule has 2 heterocycles. The Morgan fingerprint density at radius 3 is 2.55 bits per heavy atom. The van der Waals surface area contributed by atoms with Gasteiger partial charge in [-0.25, -0.2) is 0 Å². The van der Waals surface area contributed by atoms with Crippen LogP contribution < -0.4 is 10.9 Å². The highest BCUT2D eigenvalue weighted by atomic mass is 35.5. The molecular formula is C23H22ClN3O2. The van der Waals surface area contributed by atoms with E-state index in [1.165, 1.54) is 0 Å². The fourth-order valence-electron chi connectivity index (χ4n) is 3.81. The summed E-state index contributed by atoms with van der Waals surface area (Å²) in [6, 6.07) is 15.4. The monoisotopic (exact) mass is 407 g/mol. The number of hydrogen-bond donors (Lipinski definition) is 1. The zero-order valence-electron chi connectivity index (χ0n) is 16.4. The number of hydrogen-bond acceptors (Lipinski definition) is 2. The average Bonchev–Trinajstić information content (AvgIpc) is 3.03. The minimum atomic E-state index is -0.178. The van der Waals surface area contributed by atoms with Crippen molar-refractivity contribution < 1.29 is 4.79 Å². The lowest BCUT2D eigenvalue weighted by Gasteiger charge is -2.10. The van der Waals surface area contributed by atoms with E-state index in [-0.39, 0.29) is 11.5 Å². The average molecular weight is 408 g/mol. The Hall–Kier alpha value is -3.05. The van der Waals surface area contributed by atoms with Crippen molar-refractivity contribution in [2.75, 3.05) is 6.54 Å². The normalized spacial score (nSPS) is 11.3. The number of halogens is 1. The third-order valence-electron chi connectivity index (χ3n) is 5.32. The fourth-order valence-corrected chi connectivity index (χ4v) is 3.93. The molecule has 5 nitrogen and oxygen atoms in total. The molecule has 0 saturated carbocycles. The lowest BCUT2D eigenvalue weighted by molar-refractivity contribution is 0.0955. The van der Waals surface area contributed by atoms with Gasteiger partial charge in [0.2, 0.25) is 0 Å². The number of benzene rings is 2. The predicted octanol–water partition coefficient (Wildman–Crippen LogP) is 4.14. The van der Waals surface area contributed by atoms with E-state index in [4.69, 9.17) is 11.6 Å². The van der Waals surface area contributed by atoms with Gasteiger partial charge in [-0.2, -0.15) is 0 Å². The zero-order chi connectivity index (χ0) is 20.5. The second kappa shape index (κ2) is 7.76. The molecule has 0 fully saturated rings. The van der Waals surface area contributed by atoms with Gasteiger partial charge in [0, 0.05) is 47.6 Å². The molecule has 0 unspecified atom stereocenters. The molecule has 0 atom stereocenters. The number of aryl methyl sites for hydroxylation is 2. The first-order valence-electron chi connectivity index (χ1n) is 9.64. The van der Waals surface area contributed by atoms with Crippen LogP contribution in [0.4, 0.5) is 0 Å². The van der Waals surface area contributed by atoms with Gasteiger partial charge in [-0.15, -0.1) is 0 Å². The van der Waals surface area contributed by atoms with Crippen molar-refractivity contribution in [1.82, 2.24) is 14.5 Å². The van der Waals surface area contributed by atoms with Crippen molar-refractivity contribution in [2.45, 2.75) is 19.9 Å². The van der Waals surface area contributed by atoms with E-state index in [1.54, 1.807) is 10.8 Å². The number of carbonyl (C=O) groups is 1. The molecule has 6 heteroatoms. The molecule has 0 spiro atoms. The third-order valence-corrected chi connectivity index (χ3v) is 5.57. The van der Waals surface area contributed by atoms with Crippen LogP contribution in [0.5, 0.6) is 0 Å². The predicted molar refractivity (Wildman–Crippen MR) is 118 cm³/mol. The highest BCUT2D eigenvalue weighted by molar-refractivity contribution is 6.30. The molecule has 0 radical (unpaired) electrons. The standard InChI is InChI=1S/C23H22ClN3O2/c1-3-27-14-18(22(28)25-13-12-15-8-10-16(24)11-9-15)20-17-6-4-5-7-19(17)26(2)21(20)23(27)29/h4-11,14H,3,12-13H2,1-2H3,(H,25,28). The van der Waals surface area contributed by atoms with Gasteiger partial charge in [0.15, 0.2) is 0 Å². The highest BCUT2D eigenvalue weighted by Crippen LogP contribution is 2.28. The van der Waals surface area contributed by atoms with E-state index in [1.807, 2.05) is 67.1 Å². The van der Waals surface area contributed by atoms with Crippen LogP contribution in [-0.2, 0) is 20.0 Å². The van der Waals surface area contributed by atoms with Gasteiger partial charge in [-0.3, -0.25) is 9.59 Å². The molecule has 0 aliphatic rings. The summed E-state index contributed by atoms with van der Waals surface area (Å²) >= 11 is 5.92. The number of nitrogens with one attached hydrogen (secondary N) is 1. The maximum atomic E-state index is 13.1. The van der Waals surface area contributed by atoms with Crippen molar-refractivity contribution in [1.29, 1.82) is 0 Å². The molecule has 148 valence electrons. The minimum Gasteiger partial charge on any atom is -0.352 e. The molecular weight excluding hydrogens is 386 g/mol. The largest absolute Gasteiger partial charge is 0.352 e. The first-order valence-corrected chi connectivity index (χ1v) is 10.0. The molecule has 4 rings (SSSR count). The van der Waals surface area contributed by atoms with Crippen LogP contribution in [-0.4, -0.2) is 21.6 Å². The molecule has 29 heavy (non-hydrogen) atoms. The van der Waals surface area contributed by atoms with Gasteiger partial charge in [-0.05, 0) is 37.1 Å². The quantitative estimate of drug-likeness (QED) is 0.540. The smallest absolute Gasteiger partial charge is 0.275 e. The lowest BCUT2D eigenvalue weighted by atomic mass is 10.1. The number of amides is 1. The summed E-state index contributed by atoms with van der Waals surface area (Å²) in [5, 5.41) is 5.32. The topological polar surface area (TPSA) is 56.0 Å². The Kier molecular flexibility index (Phi) is 5.16. The second-order valence-electron chi connectivity index (χ2n) is 7.07. The molecule has 4 aromatic rings. The van der Waals surface area contributed by atoms with Gasteiger partial charge in [-0.1, -0.05) is 41.9 Å². The van der Waals surface area contributed by atoms with Crippen LogP contribution in [0.3, 0.4) is 0 Å². The number of para-hydroxylation sites is 1. The van der Waals surface area contributed by atoms with Crippen LogP contribution >= 0.6 is 11.6 Å². The Morgan fingerprint density at radius 1 is 1.10 bits per heavy atom. The van der Waals surface area contributed by atoms with Crippen molar-refractivity contribution >= 4 is 39.3 Å². The Labute approximate surface area is 173 Å². The lowest BCUT2D eigenvalue weighted by Crippen LogP contribution is -2.29. The van der Waals surface area contributed by atoms with E-state index in [9.17, 15) is 9.59 Å². The summed E-state index contributed by atoms with van der Waals surface area (Å²) in [4.78, 5) is 26.0. The van der Waals surface area contributed by atoms with E-state index in [2.05, 4.69) is 5.32 Å². The Bertz CT molecular complexity index is 1270. The van der Waals surface area contributed by atoms with Gasteiger partial charge < -0.3 is 14.5 Å². The summed E-state index contributed by atoms with van der Waals surface area (Å²) in [6.07, 6.45) is 2.38. The SMILES string of the molecule is CCn1cc(C(=O)NCCc2ccc(Cl)cc2)c2c3ccccc3n(C)c2c1=O. The van der Waals surface area contributed by atoms with Crippen LogP contribution in [0.2, 0.25) is 5.02 Å². The van der Waals surface area contributed by atoms with E-state index < -0.39 is 0 Å². The number of nitrogens with zero attached hydrogens (tertiary/aromatic N) is 2.